The van der Waals surface area contributed by atoms with Crippen LogP contribution in [0.25, 0.3) is 0 Å². The first-order chi connectivity index (χ1) is 32.5. The summed E-state index contributed by atoms with van der Waals surface area (Å²) in [6.45, 7) is 6.29. The Kier molecular flexibility index (Phi) is 50.0. The molecule has 0 rings (SSSR count). The van der Waals surface area contributed by atoms with E-state index in [0.29, 0.717) is 19.3 Å². The maximum Gasteiger partial charge on any atom is 0.306 e. The second-order valence-electron chi connectivity index (χ2n) is 17.1. The van der Waals surface area contributed by atoms with Gasteiger partial charge >= 0.3 is 17.9 Å². The van der Waals surface area contributed by atoms with E-state index in [9.17, 15) is 14.4 Å². The van der Waals surface area contributed by atoms with Crippen LogP contribution in [0, 0.1) is 0 Å². The first kappa shape index (κ1) is 61.8. The van der Waals surface area contributed by atoms with Gasteiger partial charge in [0.15, 0.2) is 6.10 Å². The fourth-order valence-corrected chi connectivity index (χ4v) is 6.82. The zero-order chi connectivity index (χ0) is 47.9. The Balaban J connectivity index is 4.56. The number of ether oxygens (including phenoxy) is 3. The molecule has 0 amide bonds. The van der Waals surface area contributed by atoms with Crippen LogP contribution in [0.4, 0.5) is 0 Å². The van der Waals surface area contributed by atoms with Gasteiger partial charge in [0.25, 0.3) is 0 Å². The highest BCUT2D eigenvalue weighted by atomic mass is 16.6. The maximum atomic E-state index is 12.8. The second kappa shape index (κ2) is 53.4. The molecule has 0 aliphatic heterocycles. The second-order valence-corrected chi connectivity index (χ2v) is 17.1. The van der Waals surface area contributed by atoms with E-state index >= 15 is 0 Å². The van der Waals surface area contributed by atoms with Crippen LogP contribution in [0.5, 0.6) is 0 Å². The van der Waals surface area contributed by atoms with E-state index < -0.39 is 6.10 Å². The first-order valence-electron chi connectivity index (χ1n) is 26.6. The molecular formula is C60H96O6. The summed E-state index contributed by atoms with van der Waals surface area (Å²) in [7, 11) is 0. The number of rotatable bonds is 46. The molecule has 372 valence electrons. The molecule has 0 aromatic rings. The SMILES string of the molecule is CC\C=C/C=C\C=C/CCCCCCCCCC(=O)OCC(COC(=O)CCC/C=C\C/C=C\C/C=C\C/C=C\C/C=C\CC)OC(=O)CCCCC/C=C\C=C/CCCCCCCCC. The van der Waals surface area contributed by atoms with Crippen molar-refractivity contribution in [3.05, 3.63) is 122 Å². The molecule has 6 nitrogen and oxygen atoms in total. The molecule has 66 heavy (non-hydrogen) atoms. The Labute approximate surface area is 405 Å². The number of esters is 3. The highest BCUT2D eigenvalue weighted by Gasteiger charge is 2.19. The minimum absolute atomic E-state index is 0.116. The van der Waals surface area contributed by atoms with Crippen molar-refractivity contribution in [1.29, 1.82) is 0 Å². The van der Waals surface area contributed by atoms with Crippen molar-refractivity contribution in [2.45, 2.75) is 226 Å². The van der Waals surface area contributed by atoms with Crippen molar-refractivity contribution in [2.24, 2.45) is 0 Å². The molecule has 0 saturated carbocycles. The minimum atomic E-state index is -0.823. The Morgan fingerprint density at radius 3 is 1.17 bits per heavy atom. The lowest BCUT2D eigenvalue weighted by molar-refractivity contribution is -0.167. The summed E-state index contributed by atoms with van der Waals surface area (Å²) >= 11 is 0. The minimum Gasteiger partial charge on any atom is -0.462 e. The summed E-state index contributed by atoms with van der Waals surface area (Å²) in [6, 6.07) is 0. The fourth-order valence-electron chi connectivity index (χ4n) is 6.82. The molecule has 0 aromatic carbocycles. The summed E-state index contributed by atoms with van der Waals surface area (Å²) in [4.78, 5) is 38.0. The van der Waals surface area contributed by atoms with Crippen LogP contribution in [0.15, 0.2) is 122 Å². The van der Waals surface area contributed by atoms with E-state index in [1.807, 2.05) is 0 Å². The number of allylic oxidation sites excluding steroid dienone is 20. The molecule has 0 N–H and O–H groups in total. The third-order valence-corrected chi connectivity index (χ3v) is 10.8. The maximum absolute atomic E-state index is 12.8. The quantitative estimate of drug-likeness (QED) is 0.0199. The zero-order valence-electron chi connectivity index (χ0n) is 42.4. The van der Waals surface area contributed by atoms with Crippen LogP contribution in [-0.2, 0) is 28.6 Å². The lowest BCUT2D eigenvalue weighted by atomic mass is 10.1. The molecule has 0 heterocycles. The van der Waals surface area contributed by atoms with Crippen molar-refractivity contribution in [1.82, 2.24) is 0 Å². The fraction of sp³-hybridized carbons (Fsp3) is 0.617. The molecule has 1 atom stereocenters. The average Bonchev–Trinajstić information content (AvgIpc) is 3.31. The highest BCUT2D eigenvalue weighted by molar-refractivity contribution is 5.71. The van der Waals surface area contributed by atoms with E-state index in [2.05, 4.69) is 142 Å². The Bertz CT molecular complexity index is 1420. The van der Waals surface area contributed by atoms with Crippen molar-refractivity contribution in [3.63, 3.8) is 0 Å². The first-order valence-corrected chi connectivity index (χ1v) is 26.6. The molecule has 0 radical (unpaired) electrons. The van der Waals surface area contributed by atoms with E-state index in [4.69, 9.17) is 14.2 Å². The van der Waals surface area contributed by atoms with Gasteiger partial charge in [-0.05, 0) is 103 Å². The topological polar surface area (TPSA) is 78.9 Å². The van der Waals surface area contributed by atoms with Gasteiger partial charge in [0, 0.05) is 19.3 Å². The summed E-state index contributed by atoms with van der Waals surface area (Å²) < 4.78 is 16.7. The molecule has 0 fully saturated rings. The monoisotopic (exact) mass is 913 g/mol. The molecule has 6 heteroatoms. The van der Waals surface area contributed by atoms with E-state index in [-0.39, 0.29) is 44.0 Å². The van der Waals surface area contributed by atoms with Gasteiger partial charge in [-0.25, -0.2) is 0 Å². The van der Waals surface area contributed by atoms with E-state index in [1.165, 1.54) is 70.6 Å². The molecule has 0 saturated heterocycles. The molecule has 0 aliphatic carbocycles. The molecular weight excluding hydrogens is 817 g/mol. The van der Waals surface area contributed by atoms with Crippen LogP contribution in [0.2, 0.25) is 0 Å². The summed E-state index contributed by atoms with van der Waals surface area (Å²) in [6.07, 6.45) is 73.3. The Morgan fingerprint density at radius 2 is 0.682 bits per heavy atom. The van der Waals surface area contributed by atoms with Gasteiger partial charge < -0.3 is 14.2 Å². The van der Waals surface area contributed by atoms with Gasteiger partial charge in [-0.3, -0.25) is 14.4 Å². The number of hydrogen-bond acceptors (Lipinski definition) is 6. The predicted molar refractivity (Wildman–Crippen MR) is 283 cm³/mol. The molecule has 0 spiro atoms. The van der Waals surface area contributed by atoms with Crippen molar-refractivity contribution < 1.29 is 28.6 Å². The summed E-state index contributed by atoms with van der Waals surface area (Å²) in [5.41, 5.74) is 0. The van der Waals surface area contributed by atoms with Gasteiger partial charge in [-0.15, -0.1) is 0 Å². The molecule has 1 unspecified atom stereocenters. The zero-order valence-corrected chi connectivity index (χ0v) is 42.4. The van der Waals surface area contributed by atoms with Gasteiger partial charge in [0.1, 0.15) is 13.2 Å². The van der Waals surface area contributed by atoms with E-state index in [0.717, 1.165) is 96.3 Å². The van der Waals surface area contributed by atoms with E-state index in [1.54, 1.807) is 0 Å². The molecule has 0 bridgehead atoms. The van der Waals surface area contributed by atoms with Gasteiger partial charge in [0.05, 0.1) is 0 Å². The largest absolute Gasteiger partial charge is 0.462 e. The normalized spacial score (nSPS) is 13.1. The predicted octanol–water partition coefficient (Wildman–Crippen LogP) is 17.7. The van der Waals surface area contributed by atoms with Crippen LogP contribution in [-0.4, -0.2) is 37.2 Å². The van der Waals surface area contributed by atoms with Crippen LogP contribution in [0.3, 0.4) is 0 Å². The average molecular weight is 913 g/mol. The Morgan fingerprint density at radius 1 is 0.333 bits per heavy atom. The van der Waals surface area contributed by atoms with Crippen LogP contribution >= 0.6 is 0 Å². The van der Waals surface area contributed by atoms with Crippen LogP contribution in [0.1, 0.15) is 220 Å². The van der Waals surface area contributed by atoms with Gasteiger partial charge in [-0.2, -0.15) is 0 Å². The number of carbonyl (C=O) groups excluding carboxylic acids is 3. The Hall–Kier alpha value is -4.19. The summed E-state index contributed by atoms with van der Waals surface area (Å²) in [5, 5.41) is 0. The highest BCUT2D eigenvalue weighted by Crippen LogP contribution is 2.13. The standard InChI is InChI=1S/C60H96O6/c1-4-7-10-13-16-19-22-25-28-30-33-35-38-41-44-47-50-53-59(62)65-56-57(55-64-58(61)52-49-46-43-40-37-34-31-27-24-21-18-15-12-9-6-3)66-60(63)54-51-48-45-42-39-36-32-29-26-23-20-17-14-11-8-5-2/h7,9-10,12,15-16,18-19,21,24-25,28-29,32-33,35-36,39,41,44,57H,4-6,8,11,13-14,17,20,22-23,26-27,30-31,34,37-38,40,42-43,45-56H2,1-3H3/b10-7-,12-9-,18-15-,19-16-,24-21-,28-25-,32-29-,35-33-,39-36-,44-41-. The number of hydrogen-bond donors (Lipinski definition) is 0. The van der Waals surface area contributed by atoms with Crippen molar-refractivity contribution in [2.75, 3.05) is 13.2 Å². The third kappa shape index (κ3) is 50.8. The number of carbonyl (C=O) groups is 3. The van der Waals surface area contributed by atoms with Crippen molar-refractivity contribution in [3.8, 4) is 0 Å². The molecule has 0 aromatic heterocycles. The van der Waals surface area contributed by atoms with Gasteiger partial charge in [0.2, 0.25) is 0 Å². The van der Waals surface area contributed by atoms with Gasteiger partial charge in [-0.1, -0.05) is 219 Å². The smallest absolute Gasteiger partial charge is 0.306 e. The van der Waals surface area contributed by atoms with Crippen molar-refractivity contribution >= 4 is 17.9 Å². The lowest BCUT2D eigenvalue weighted by Gasteiger charge is -2.18. The number of unbranched alkanes of at least 4 members (excludes halogenated alkanes) is 18. The van der Waals surface area contributed by atoms with Crippen LogP contribution < -0.4 is 0 Å². The molecule has 0 aliphatic rings. The lowest BCUT2D eigenvalue weighted by Crippen LogP contribution is -2.30. The summed E-state index contributed by atoms with van der Waals surface area (Å²) in [5.74, 6) is -1.02. The third-order valence-electron chi connectivity index (χ3n) is 10.8.